The molecule has 0 bridgehead atoms. The van der Waals surface area contributed by atoms with Gasteiger partial charge in [-0.3, -0.25) is 4.79 Å². The number of aryl methyl sites for hydroxylation is 1. The molecule has 1 aromatic carbocycles. The average Bonchev–Trinajstić information content (AvgIpc) is 2.92. The highest BCUT2D eigenvalue weighted by Gasteiger charge is 2.39. The molecule has 0 aliphatic heterocycles. The third-order valence-electron chi connectivity index (χ3n) is 5.21. The van der Waals surface area contributed by atoms with Crippen molar-refractivity contribution in [2.45, 2.75) is 50.9 Å². The van der Waals surface area contributed by atoms with Crippen LogP contribution in [0.5, 0.6) is 0 Å². The maximum Gasteiger partial charge on any atom is 0.271 e. The molecule has 0 spiro atoms. The summed E-state index contributed by atoms with van der Waals surface area (Å²) < 4.78 is 1.50. The highest BCUT2D eigenvalue weighted by molar-refractivity contribution is 5.92. The number of benzene rings is 1. The van der Waals surface area contributed by atoms with Gasteiger partial charge >= 0.3 is 0 Å². The second-order valence-corrected chi connectivity index (χ2v) is 7.89. The van der Waals surface area contributed by atoms with Gasteiger partial charge in [-0.1, -0.05) is 56.7 Å². The number of carbonyl (C=O) groups is 1. The Bertz CT molecular complexity index is 721. The highest BCUT2D eigenvalue weighted by atomic mass is 16.2. The van der Waals surface area contributed by atoms with Crippen LogP contribution < -0.4 is 5.32 Å². The van der Waals surface area contributed by atoms with Crippen LogP contribution >= 0.6 is 0 Å². The summed E-state index contributed by atoms with van der Waals surface area (Å²) >= 11 is 0. The van der Waals surface area contributed by atoms with Crippen LogP contribution in [0.1, 0.15) is 61.6 Å². The molecule has 1 fully saturated rings. The lowest BCUT2D eigenvalue weighted by Crippen LogP contribution is -2.45. The summed E-state index contributed by atoms with van der Waals surface area (Å²) in [7, 11) is 1.73. The summed E-state index contributed by atoms with van der Waals surface area (Å²) in [6.07, 6.45) is 4.95. The topological polar surface area (TPSA) is 59.8 Å². The highest BCUT2D eigenvalue weighted by Crippen LogP contribution is 2.43. The third-order valence-corrected chi connectivity index (χ3v) is 5.21. The zero-order valence-electron chi connectivity index (χ0n) is 15.0. The SMILES string of the molecule is Cn1nncc1C(=O)NCC1(c2ccc(C(C)(C)C)cc2)CCC1. The summed E-state index contributed by atoms with van der Waals surface area (Å²) in [5.41, 5.74) is 3.38. The smallest absolute Gasteiger partial charge is 0.271 e. The van der Waals surface area contributed by atoms with Crippen LogP contribution in [0.15, 0.2) is 30.5 Å². The monoisotopic (exact) mass is 326 g/mol. The minimum absolute atomic E-state index is 0.0676. The van der Waals surface area contributed by atoms with Crippen LogP contribution in [0.2, 0.25) is 0 Å². The van der Waals surface area contributed by atoms with Gasteiger partial charge in [-0.05, 0) is 29.4 Å². The lowest BCUT2D eigenvalue weighted by atomic mass is 9.64. The molecule has 0 atom stereocenters. The number of carbonyl (C=O) groups excluding carboxylic acids is 1. The molecule has 128 valence electrons. The Kier molecular flexibility index (Phi) is 4.20. The van der Waals surface area contributed by atoms with Crippen LogP contribution in [0, 0.1) is 0 Å². The van der Waals surface area contributed by atoms with Crippen LogP contribution in [0.4, 0.5) is 0 Å². The summed E-state index contributed by atoms with van der Waals surface area (Å²) in [6, 6.07) is 8.92. The van der Waals surface area contributed by atoms with Crippen molar-refractivity contribution in [2.24, 2.45) is 7.05 Å². The summed E-state index contributed by atoms with van der Waals surface area (Å²) in [5, 5.41) is 10.6. The second kappa shape index (κ2) is 6.04. The second-order valence-electron chi connectivity index (χ2n) is 7.89. The molecule has 1 saturated carbocycles. The molecule has 5 heteroatoms. The van der Waals surface area contributed by atoms with Gasteiger partial charge < -0.3 is 5.32 Å². The summed E-state index contributed by atoms with van der Waals surface area (Å²) in [6.45, 7) is 7.34. The van der Waals surface area contributed by atoms with E-state index in [0.29, 0.717) is 12.2 Å². The van der Waals surface area contributed by atoms with Gasteiger partial charge in [-0.2, -0.15) is 0 Å². The first-order chi connectivity index (χ1) is 11.3. The first-order valence-electron chi connectivity index (χ1n) is 8.56. The van der Waals surface area contributed by atoms with Crippen molar-refractivity contribution in [3.05, 3.63) is 47.3 Å². The quantitative estimate of drug-likeness (QED) is 0.939. The number of hydrogen-bond donors (Lipinski definition) is 1. The predicted octanol–water partition coefficient (Wildman–Crippen LogP) is 2.96. The molecule has 2 aromatic rings. The molecule has 5 nitrogen and oxygen atoms in total. The maximum atomic E-state index is 12.3. The number of nitrogens with one attached hydrogen (secondary N) is 1. The molecule has 1 aliphatic rings. The molecule has 3 rings (SSSR count). The lowest BCUT2D eigenvalue weighted by molar-refractivity contribution is 0.0918. The van der Waals surface area contributed by atoms with E-state index in [1.54, 1.807) is 7.05 Å². The van der Waals surface area contributed by atoms with Crippen molar-refractivity contribution in [3.8, 4) is 0 Å². The molecule has 24 heavy (non-hydrogen) atoms. The molecular weight excluding hydrogens is 300 g/mol. The molecule has 0 saturated heterocycles. The number of hydrogen-bond acceptors (Lipinski definition) is 3. The van der Waals surface area contributed by atoms with E-state index in [9.17, 15) is 4.79 Å². The van der Waals surface area contributed by atoms with E-state index in [2.05, 4.69) is 60.7 Å². The Morgan fingerprint density at radius 1 is 1.25 bits per heavy atom. The van der Waals surface area contributed by atoms with E-state index in [0.717, 1.165) is 12.8 Å². The van der Waals surface area contributed by atoms with Gasteiger partial charge in [-0.15, -0.1) is 5.10 Å². The normalized spacial score (nSPS) is 16.5. The molecule has 1 aromatic heterocycles. The van der Waals surface area contributed by atoms with Gasteiger partial charge in [0.25, 0.3) is 5.91 Å². The van der Waals surface area contributed by atoms with Gasteiger partial charge in [0.05, 0.1) is 6.20 Å². The molecule has 1 N–H and O–H groups in total. The Balaban J connectivity index is 1.73. The van der Waals surface area contributed by atoms with Crippen molar-refractivity contribution in [1.82, 2.24) is 20.3 Å². The van der Waals surface area contributed by atoms with Crippen LogP contribution in [-0.2, 0) is 17.9 Å². The minimum Gasteiger partial charge on any atom is -0.350 e. The van der Waals surface area contributed by atoms with Gasteiger partial charge in [0, 0.05) is 19.0 Å². The van der Waals surface area contributed by atoms with Crippen molar-refractivity contribution in [3.63, 3.8) is 0 Å². The van der Waals surface area contributed by atoms with Gasteiger partial charge in [0.15, 0.2) is 0 Å². The Hall–Kier alpha value is -2.17. The van der Waals surface area contributed by atoms with Crippen molar-refractivity contribution in [2.75, 3.05) is 6.54 Å². The predicted molar refractivity (Wildman–Crippen MR) is 94.0 cm³/mol. The van der Waals surface area contributed by atoms with Crippen molar-refractivity contribution >= 4 is 5.91 Å². The summed E-state index contributed by atoms with van der Waals surface area (Å²) in [4.78, 5) is 12.3. The van der Waals surface area contributed by atoms with Gasteiger partial charge in [0.1, 0.15) is 5.69 Å². The first kappa shape index (κ1) is 16.7. The van der Waals surface area contributed by atoms with Gasteiger partial charge in [0.2, 0.25) is 0 Å². The van der Waals surface area contributed by atoms with E-state index < -0.39 is 0 Å². The fraction of sp³-hybridized carbons (Fsp3) is 0.526. The molecule has 0 radical (unpaired) electrons. The van der Waals surface area contributed by atoms with E-state index in [1.165, 1.54) is 28.4 Å². The Labute approximate surface area is 143 Å². The molecule has 0 unspecified atom stereocenters. The van der Waals surface area contributed by atoms with Crippen LogP contribution in [0.3, 0.4) is 0 Å². The molecule has 1 aliphatic carbocycles. The summed E-state index contributed by atoms with van der Waals surface area (Å²) in [5.74, 6) is -0.111. The van der Waals surface area contributed by atoms with E-state index in [-0.39, 0.29) is 16.7 Å². The number of aromatic nitrogens is 3. The number of nitrogens with zero attached hydrogens (tertiary/aromatic N) is 3. The van der Waals surface area contributed by atoms with Gasteiger partial charge in [-0.25, -0.2) is 4.68 Å². The third kappa shape index (κ3) is 3.07. The number of amides is 1. The average molecular weight is 326 g/mol. The lowest BCUT2D eigenvalue weighted by Gasteiger charge is -2.43. The maximum absolute atomic E-state index is 12.3. The van der Waals surface area contributed by atoms with E-state index in [1.807, 2.05) is 0 Å². The number of rotatable bonds is 4. The van der Waals surface area contributed by atoms with Crippen LogP contribution in [0.25, 0.3) is 0 Å². The van der Waals surface area contributed by atoms with Crippen molar-refractivity contribution < 1.29 is 4.79 Å². The molecular formula is C19H26N4O. The zero-order chi connectivity index (χ0) is 17.4. The van der Waals surface area contributed by atoms with Crippen molar-refractivity contribution in [1.29, 1.82) is 0 Å². The fourth-order valence-electron chi connectivity index (χ4n) is 3.33. The zero-order valence-corrected chi connectivity index (χ0v) is 15.0. The molecule has 1 amide bonds. The first-order valence-corrected chi connectivity index (χ1v) is 8.56. The standard InChI is InChI=1S/C19H26N4O/c1-18(2,3)14-6-8-15(9-7-14)19(10-5-11-19)13-20-17(24)16-12-21-22-23(16)4/h6-9,12H,5,10-11,13H2,1-4H3,(H,20,24). The Morgan fingerprint density at radius 3 is 2.38 bits per heavy atom. The minimum atomic E-state index is -0.111. The van der Waals surface area contributed by atoms with E-state index >= 15 is 0 Å². The van der Waals surface area contributed by atoms with Crippen LogP contribution in [-0.4, -0.2) is 27.4 Å². The Morgan fingerprint density at radius 2 is 1.92 bits per heavy atom. The van der Waals surface area contributed by atoms with E-state index in [4.69, 9.17) is 0 Å². The molecule has 1 heterocycles. The largest absolute Gasteiger partial charge is 0.350 e. The fourth-order valence-corrected chi connectivity index (χ4v) is 3.33.